The summed E-state index contributed by atoms with van der Waals surface area (Å²) >= 11 is 0. The molecule has 2 rings (SSSR count). The predicted octanol–water partition coefficient (Wildman–Crippen LogP) is 3.41. The molecule has 0 heterocycles. The number of amides is 1. The summed E-state index contributed by atoms with van der Waals surface area (Å²) in [6.07, 6.45) is 1.11. The van der Waals surface area contributed by atoms with E-state index >= 15 is 0 Å². The van der Waals surface area contributed by atoms with E-state index < -0.39 is 16.1 Å². The van der Waals surface area contributed by atoms with Crippen LogP contribution in [0.5, 0.6) is 0 Å². The van der Waals surface area contributed by atoms with Crippen LogP contribution in [-0.4, -0.2) is 26.6 Å². The van der Waals surface area contributed by atoms with Gasteiger partial charge in [-0.25, -0.2) is 8.42 Å². The average Bonchev–Trinajstić information content (AvgIpc) is 2.47. The largest absolute Gasteiger partial charge is 0.324 e. The molecular formula is C19H24N2O3S. The van der Waals surface area contributed by atoms with Crippen molar-refractivity contribution in [1.29, 1.82) is 0 Å². The third kappa shape index (κ3) is 4.82. The van der Waals surface area contributed by atoms with Crippen molar-refractivity contribution in [3.05, 3.63) is 59.2 Å². The molecule has 1 amide bonds. The van der Waals surface area contributed by atoms with Gasteiger partial charge in [-0.15, -0.1) is 0 Å². The fraction of sp³-hybridized carbons (Fsp3) is 0.316. The maximum absolute atomic E-state index is 12.6. The molecule has 1 atom stereocenters. The third-order valence-electron chi connectivity index (χ3n) is 3.87. The Balaban J connectivity index is 2.34. The number of hydrogen-bond acceptors (Lipinski definition) is 3. The summed E-state index contributed by atoms with van der Waals surface area (Å²) in [5.74, 6) is -0.381. The van der Waals surface area contributed by atoms with Gasteiger partial charge in [-0.1, -0.05) is 23.8 Å². The molecule has 2 aromatic carbocycles. The van der Waals surface area contributed by atoms with Gasteiger partial charge in [-0.2, -0.15) is 0 Å². The highest BCUT2D eigenvalue weighted by molar-refractivity contribution is 7.92. The molecule has 1 N–H and O–H groups in total. The van der Waals surface area contributed by atoms with Gasteiger partial charge < -0.3 is 5.32 Å². The molecule has 0 radical (unpaired) electrons. The maximum atomic E-state index is 12.6. The van der Waals surface area contributed by atoms with Crippen LogP contribution >= 0.6 is 0 Å². The van der Waals surface area contributed by atoms with Crippen molar-refractivity contribution in [3.8, 4) is 0 Å². The number of rotatable bonds is 5. The van der Waals surface area contributed by atoms with Crippen LogP contribution < -0.4 is 9.62 Å². The minimum atomic E-state index is -3.62. The number of carbonyl (C=O) groups excluding carboxylic acids is 1. The van der Waals surface area contributed by atoms with Crippen LogP contribution in [0.2, 0.25) is 0 Å². The average molecular weight is 360 g/mol. The monoisotopic (exact) mass is 360 g/mol. The Labute approximate surface area is 149 Å². The zero-order chi connectivity index (χ0) is 18.8. The number of nitrogens with one attached hydrogen (secondary N) is 1. The molecule has 0 aliphatic heterocycles. The minimum absolute atomic E-state index is 0.381. The lowest BCUT2D eigenvalue weighted by atomic mass is 10.1. The van der Waals surface area contributed by atoms with Gasteiger partial charge in [0.1, 0.15) is 6.04 Å². The number of hydrogen-bond donors (Lipinski definition) is 1. The molecular weight excluding hydrogens is 336 g/mol. The van der Waals surface area contributed by atoms with Gasteiger partial charge >= 0.3 is 0 Å². The Kier molecular flexibility index (Phi) is 5.52. The van der Waals surface area contributed by atoms with Crippen molar-refractivity contribution in [2.24, 2.45) is 0 Å². The molecule has 0 bridgehead atoms. The van der Waals surface area contributed by atoms with Crippen molar-refractivity contribution < 1.29 is 13.2 Å². The number of anilines is 2. The molecule has 0 aliphatic rings. The Morgan fingerprint density at radius 3 is 1.96 bits per heavy atom. The molecule has 0 saturated carbocycles. The van der Waals surface area contributed by atoms with E-state index in [-0.39, 0.29) is 5.91 Å². The molecule has 0 saturated heterocycles. The highest BCUT2D eigenvalue weighted by Gasteiger charge is 2.29. The van der Waals surface area contributed by atoms with Crippen molar-refractivity contribution >= 4 is 27.3 Å². The summed E-state index contributed by atoms with van der Waals surface area (Å²) in [4.78, 5) is 12.6. The lowest BCUT2D eigenvalue weighted by molar-refractivity contribution is -0.116. The number of nitrogens with zero attached hydrogens (tertiary/aromatic N) is 1. The fourth-order valence-electron chi connectivity index (χ4n) is 2.77. The molecule has 5 nitrogen and oxygen atoms in total. The van der Waals surface area contributed by atoms with Gasteiger partial charge in [0.05, 0.1) is 11.9 Å². The Bertz CT molecular complexity index is 854. The van der Waals surface area contributed by atoms with Crippen LogP contribution in [0.4, 0.5) is 11.4 Å². The van der Waals surface area contributed by atoms with E-state index in [1.165, 1.54) is 0 Å². The summed E-state index contributed by atoms with van der Waals surface area (Å²) in [6.45, 7) is 7.34. The zero-order valence-electron chi connectivity index (χ0n) is 15.2. The predicted molar refractivity (Wildman–Crippen MR) is 103 cm³/mol. The van der Waals surface area contributed by atoms with E-state index in [4.69, 9.17) is 0 Å². The third-order valence-corrected chi connectivity index (χ3v) is 5.11. The molecule has 0 fully saturated rings. The summed E-state index contributed by atoms with van der Waals surface area (Å²) in [5.41, 5.74) is 4.09. The molecule has 2 aromatic rings. The first-order valence-corrected chi connectivity index (χ1v) is 9.88. The molecule has 0 unspecified atom stereocenters. The van der Waals surface area contributed by atoms with Crippen LogP contribution in [0.3, 0.4) is 0 Å². The van der Waals surface area contributed by atoms with Crippen molar-refractivity contribution in [2.45, 2.75) is 33.7 Å². The SMILES string of the molecule is Cc1ccc(NC(=O)[C@H](C)N(c2cc(C)cc(C)c2)S(C)(=O)=O)cc1. The van der Waals surface area contributed by atoms with Crippen LogP contribution in [0, 0.1) is 20.8 Å². The Hall–Kier alpha value is -2.34. The second-order valence-corrected chi connectivity index (χ2v) is 8.30. The summed E-state index contributed by atoms with van der Waals surface area (Å²) < 4.78 is 25.9. The molecule has 25 heavy (non-hydrogen) atoms. The van der Waals surface area contributed by atoms with Crippen LogP contribution in [0.15, 0.2) is 42.5 Å². The molecule has 0 aliphatic carbocycles. The Morgan fingerprint density at radius 1 is 0.960 bits per heavy atom. The zero-order valence-corrected chi connectivity index (χ0v) is 16.0. The van der Waals surface area contributed by atoms with Crippen molar-refractivity contribution in [3.63, 3.8) is 0 Å². The van der Waals surface area contributed by atoms with Gasteiger partial charge in [0.25, 0.3) is 0 Å². The standard InChI is InChI=1S/C19H24N2O3S/c1-13-6-8-17(9-7-13)20-19(22)16(4)21(25(5,23)24)18-11-14(2)10-15(3)12-18/h6-12,16H,1-5H3,(H,20,22)/t16-/m0/s1. The van der Waals surface area contributed by atoms with E-state index in [0.717, 1.165) is 27.3 Å². The molecule has 0 spiro atoms. The van der Waals surface area contributed by atoms with E-state index in [0.29, 0.717) is 11.4 Å². The topological polar surface area (TPSA) is 66.5 Å². The highest BCUT2D eigenvalue weighted by atomic mass is 32.2. The maximum Gasteiger partial charge on any atom is 0.247 e. The minimum Gasteiger partial charge on any atom is -0.324 e. The second kappa shape index (κ2) is 7.27. The molecule has 6 heteroatoms. The first kappa shape index (κ1) is 19.0. The first-order chi connectivity index (χ1) is 11.6. The van der Waals surface area contributed by atoms with Crippen molar-refractivity contribution in [1.82, 2.24) is 0 Å². The molecule has 0 aromatic heterocycles. The van der Waals surface area contributed by atoms with Crippen LogP contribution in [0.25, 0.3) is 0 Å². The summed E-state index contributed by atoms with van der Waals surface area (Å²) in [5, 5.41) is 2.78. The number of sulfonamides is 1. The van der Waals surface area contributed by atoms with Crippen LogP contribution in [0.1, 0.15) is 23.6 Å². The van der Waals surface area contributed by atoms with Gasteiger partial charge in [0.2, 0.25) is 15.9 Å². The van der Waals surface area contributed by atoms with E-state index in [1.807, 2.05) is 39.0 Å². The fourth-order valence-corrected chi connectivity index (χ4v) is 3.93. The number of benzene rings is 2. The highest BCUT2D eigenvalue weighted by Crippen LogP contribution is 2.24. The normalized spacial score (nSPS) is 12.5. The lowest BCUT2D eigenvalue weighted by Gasteiger charge is -2.28. The van der Waals surface area contributed by atoms with E-state index in [9.17, 15) is 13.2 Å². The quantitative estimate of drug-likeness (QED) is 0.888. The van der Waals surface area contributed by atoms with Gasteiger partial charge in [0.15, 0.2) is 0 Å². The van der Waals surface area contributed by atoms with Crippen LogP contribution in [-0.2, 0) is 14.8 Å². The second-order valence-electron chi connectivity index (χ2n) is 6.44. The van der Waals surface area contributed by atoms with Crippen molar-refractivity contribution in [2.75, 3.05) is 15.9 Å². The van der Waals surface area contributed by atoms with E-state index in [1.54, 1.807) is 31.2 Å². The number of carbonyl (C=O) groups is 1. The van der Waals surface area contributed by atoms with E-state index in [2.05, 4.69) is 5.32 Å². The van der Waals surface area contributed by atoms with Gasteiger partial charge in [-0.05, 0) is 63.1 Å². The lowest BCUT2D eigenvalue weighted by Crippen LogP contribution is -2.45. The number of aryl methyl sites for hydroxylation is 3. The smallest absolute Gasteiger partial charge is 0.247 e. The first-order valence-electron chi connectivity index (χ1n) is 8.03. The summed E-state index contributed by atoms with van der Waals surface area (Å²) in [6, 6.07) is 12.0. The Morgan fingerprint density at radius 2 is 1.48 bits per heavy atom. The molecule has 134 valence electrons. The summed E-state index contributed by atoms with van der Waals surface area (Å²) in [7, 11) is -3.62. The van der Waals surface area contributed by atoms with Gasteiger partial charge in [-0.3, -0.25) is 9.10 Å². The van der Waals surface area contributed by atoms with Gasteiger partial charge in [0, 0.05) is 5.69 Å².